The lowest BCUT2D eigenvalue weighted by atomic mass is 9.41. The van der Waals surface area contributed by atoms with Crippen molar-refractivity contribution in [1.82, 2.24) is 10.3 Å². The molecular formula is C58H83N5O10. The van der Waals surface area contributed by atoms with E-state index in [1.54, 1.807) is 6.92 Å². The van der Waals surface area contributed by atoms with Crippen molar-refractivity contribution in [3.8, 4) is 11.8 Å². The number of aromatic nitrogens is 1. The highest BCUT2D eigenvalue weighted by Crippen LogP contribution is 2.74. The van der Waals surface area contributed by atoms with E-state index in [1.165, 1.54) is 12.5 Å². The summed E-state index contributed by atoms with van der Waals surface area (Å²) in [5.41, 5.74) is 9.20. The first kappa shape index (κ1) is 52.4. The van der Waals surface area contributed by atoms with Crippen molar-refractivity contribution < 1.29 is 49.8 Å². The monoisotopic (exact) mass is 1010 g/mol. The lowest BCUT2D eigenvalue weighted by molar-refractivity contribution is -0.197. The number of nitrogens with zero attached hydrogens (tertiary/aromatic N) is 1. The fraction of sp³-hybridized carbons (Fsp3) is 0.759. The van der Waals surface area contributed by atoms with Crippen LogP contribution in [-0.4, -0.2) is 115 Å². The maximum atomic E-state index is 15.6. The van der Waals surface area contributed by atoms with E-state index in [2.05, 4.69) is 40.1 Å². The summed E-state index contributed by atoms with van der Waals surface area (Å²) in [5, 5.41) is 79.0. The third-order valence-corrected chi connectivity index (χ3v) is 21.4. The average Bonchev–Trinajstić information content (AvgIpc) is 4.18. The maximum absolute atomic E-state index is 15.6. The highest BCUT2D eigenvalue weighted by molar-refractivity contribution is 6.00. The first-order valence-electron chi connectivity index (χ1n) is 28.0. The number of Topliss-reactive ketones (excluding diaryl/α,β-unsaturated/α-hetero) is 2. The molecule has 9 aliphatic rings. The molecule has 0 bridgehead atoms. The summed E-state index contributed by atoms with van der Waals surface area (Å²) in [5.74, 6) is 3.27. The first-order chi connectivity index (χ1) is 34.9. The molecule has 1 aromatic rings. The largest absolute Gasteiger partial charge is 0.465 e. The number of aliphatic imine (C=N–C) groups is 1. The van der Waals surface area contributed by atoms with Gasteiger partial charge in [0.15, 0.2) is 11.7 Å². The van der Waals surface area contributed by atoms with Crippen LogP contribution in [0.25, 0.3) is 0 Å². The standard InChI is InChI=1S/C58H83N5O10/c1-31-11-12-33-13-14-39-37(29-64)23-47(68)55(3,71)52-35(8-6-7-34(22-41(39)40(33)21-31)42-30-73-53(70)48(42)36-16-19-61-28-36)25-58(72)49-43(15-17-56(52,58)18-20-62-54(59)60)57(38-9-4-5-10-38)26-46(67)45(66)24-44(57)51(69)50(49)63-27-32(2)65/h13,16,19,28,31,34-35,37-48,52,61,63-64,66-68,71-72H,4-5,8-12,14-15,17-18,20-27,29-30H2,1-3H3,(H4,59,60,62)/t31-,34-,35-,37-,39-,40+,41+,42-,43-,44-,45+,46-,47+,48-,52+,55-,56-,57-,58+/m0/s1. The molecule has 15 nitrogen and oxygen atoms in total. The van der Waals surface area contributed by atoms with Crippen molar-refractivity contribution in [2.24, 2.45) is 98.3 Å². The van der Waals surface area contributed by atoms with Crippen molar-refractivity contribution in [1.29, 1.82) is 0 Å². The number of ketones is 2. The Balaban J connectivity index is 1.16. The van der Waals surface area contributed by atoms with Crippen molar-refractivity contribution in [2.45, 2.75) is 165 Å². The molecule has 2 heterocycles. The molecule has 0 spiro atoms. The van der Waals surface area contributed by atoms with Crippen molar-refractivity contribution >= 4 is 23.5 Å². The van der Waals surface area contributed by atoms with Crippen LogP contribution in [0.15, 0.2) is 46.4 Å². The number of rotatable bonds is 10. The number of carbonyl (C=O) groups is 3. The molecule has 0 amide bonds. The quantitative estimate of drug-likeness (QED) is 0.0508. The molecule has 8 aliphatic carbocycles. The average molecular weight is 1010 g/mol. The fourth-order valence-corrected chi connectivity index (χ4v) is 18.4. The van der Waals surface area contributed by atoms with E-state index in [9.17, 15) is 40.2 Å². The Morgan fingerprint density at radius 2 is 1.77 bits per heavy atom. The number of carbonyl (C=O) groups excluding carboxylic acids is 3. The van der Waals surface area contributed by atoms with Crippen LogP contribution in [0.5, 0.6) is 0 Å². The SMILES string of the molecule is CC(=O)CNC1=C2[C@H](CC[C@]3(CCN=C(N)N)[C@@H]4[C@@H](CC#C[C@H]([C@@H]5COC(=O)[C@H]5c5cc[nH]c5)C[C@@H]5[C@@H](CC=C6CC[C@H](C)C[C@H]65)[C@H](CO)C[C@@H](O)[C@]4(C)O)C[C@@]23O)[C@@]2(C3CCCC3)C[C@H](O)[C@H](O)C[C@H]2C1=O. The Bertz CT molecular complexity index is 2410. The lowest BCUT2D eigenvalue weighted by Gasteiger charge is -2.64. The number of aromatic amines is 1. The molecule has 0 radical (unpaired) electrons. The van der Waals surface area contributed by atoms with Crippen LogP contribution < -0.4 is 16.8 Å². The molecule has 15 heteroatoms. The van der Waals surface area contributed by atoms with Crippen LogP contribution in [0.1, 0.15) is 141 Å². The molecule has 1 aliphatic heterocycles. The molecule has 6 fully saturated rings. The normalized spacial score (nSPS) is 44.7. The number of H-pyrrole nitrogens is 1. The summed E-state index contributed by atoms with van der Waals surface area (Å²) >= 11 is 0. The summed E-state index contributed by atoms with van der Waals surface area (Å²) in [6.45, 7) is 5.32. The second kappa shape index (κ2) is 20.2. The van der Waals surface area contributed by atoms with Gasteiger partial charge in [-0.15, -0.1) is 5.92 Å². The molecule has 1 saturated heterocycles. The van der Waals surface area contributed by atoms with Crippen LogP contribution in [-0.2, 0) is 19.1 Å². The van der Waals surface area contributed by atoms with Gasteiger partial charge in [0, 0.05) is 61.1 Å². The Morgan fingerprint density at radius 1 is 0.986 bits per heavy atom. The molecule has 0 unspecified atom stereocenters. The number of allylic oxidation sites excluding steroid dienone is 3. The number of aliphatic hydroxyl groups excluding tert-OH is 4. The van der Waals surface area contributed by atoms with E-state index < -0.39 is 75.9 Å². The highest BCUT2D eigenvalue weighted by atomic mass is 16.5. The molecule has 1 aromatic heterocycles. The second-order valence-corrected chi connectivity index (χ2v) is 25.1. The Hall–Kier alpha value is -4.04. The van der Waals surface area contributed by atoms with Crippen LogP contribution in [0, 0.1) is 93.7 Å². The van der Waals surface area contributed by atoms with Crippen molar-refractivity contribution in [2.75, 3.05) is 26.3 Å². The van der Waals surface area contributed by atoms with Gasteiger partial charge in [0.25, 0.3) is 0 Å². The molecule has 10 rings (SSSR count). The number of nitrogens with two attached hydrogens (primary N) is 2. The third-order valence-electron chi connectivity index (χ3n) is 21.4. The third kappa shape index (κ3) is 8.74. The number of nitrogens with one attached hydrogen (secondary N) is 2. The maximum Gasteiger partial charge on any atom is 0.313 e. The van der Waals surface area contributed by atoms with Gasteiger partial charge in [-0.2, -0.15) is 0 Å². The predicted octanol–water partition coefficient (Wildman–Crippen LogP) is 4.54. The van der Waals surface area contributed by atoms with Crippen LogP contribution in [0.3, 0.4) is 0 Å². The minimum absolute atomic E-state index is 0.0327. The zero-order chi connectivity index (χ0) is 51.8. The number of fused-ring (bicyclic) bond motifs is 10. The Morgan fingerprint density at radius 3 is 2.48 bits per heavy atom. The second-order valence-electron chi connectivity index (χ2n) is 25.1. The van der Waals surface area contributed by atoms with Crippen LogP contribution in [0.4, 0.5) is 0 Å². The number of guanidine groups is 1. The van der Waals surface area contributed by atoms with E-state index in [0.717, 1.165) is 50.5 Å². The van der Waals surface area contributed by atoms with Gasteiger partial charge < -0.3 is 57.1 Å². The molecule has 19 atom stereocenters. The van der Waals surface area contributed by atoms with Crippen molar-refractivity contribution in [3.63, 3.8) is 0 Å². The van der Waals surface area contributed by atoms with Gasteiger partial charge in [-0.1, -0.05) is 37.3 Å². The summed E-state index contributed by atoms with van der Waals surface area (Å²) < 4.78 is 5.92. The zero-order valence-corrected chi connectivity index (χ0v) is 43.3. The molecule has 12 N–H and O–H groups in total. The smallest absolute Gasteiger partial charge is 0.313 e. The minimum Gasteiger partial charge on any atom is -0.465 e. The Kier molecular flexibility index (Phi) is 14.5. The summed E-state index contributed by atoms with van der Waals surface area (Å²) in [4.78, 5) is 49.9. The first-order valence-corrected chi connectivity index (χ1v) is 28.0. The number of aliphatic hydroxyl groups is 6. The number of cyclic esters (lactones) is 1. The number of ether oxygens (including phenoxy) is 1. The topological polar surface area (TPSA) is 274 Å². The summed E-state index contributed by atoms with van der Waals surface area (Å²) in [7, 11) is 0. The molecule has 73 heavy (non-hydrogen) atoms. The van der Waals surface area contributed by atoms with Gasteiger partial charge in [-0.05, 0) is 174 Å². The van der Waals surface area contributed by atoms with Crippen LogP contribution >= 0.6 is 0 Å². The molecule has 0 aromatic carbocycles. The van der Waals surface area contributed by atoms with Gasteiger partial charge in [0.2, 0.25) is 0 Å². The summed E-state index contributed by atoms with van der Waals surface area (Å²) in [6.07, 6.45) is 12.2. The molecular weight excluding hydrogens is 927 g/mol. The number of esters is 1. The highest BCUT2D eigenvalue weighted by Gasteiger charge is 2.75. The van der Waals surface area contributed by atoms with Gasteiger partial charge in [-0.3, -0.25) is 19.4 Å². The van der Waals surface area contributed by atoms with E-state index >= 15 is 4.79 Å². The van der Waals surface area contributed by atoms with Gasteiger partial charge >= 0.3 is 5.97 Å². The minimum atomic E-state index is -1.89. The van der Waals surface area contributed by atoms with E-state index in [4.69, 9.17) is 16.2 Å². The number of hydrogen-bond acceptors (Lipinski definition) is 12. The molecule has 5 saturated carbocycles. The Labute approximate surface area is 430 Å². The van der Waals surface area contributed by atoms with E-state index in [0.29, 0.717) is 37.2 Å². The van der Waals surface area contributed by atoms with E-state index in [-0.39, 0.29) is 130 Å². The van der Waals surface area contributed by atoms with Crippen LogP contribution in [0.2, 0.25) is 0 Å². The van der Waals surface area contributed by atoms with Gasteiger partial charge in [0.1, 0.15) is 5.78 Å². The number of hydrogen-bond donors (Lipinski definition) is 10. The van der Waals surface area contributed by atoms with Gasteiger partial charge in [-0.25, -0.2) is 0 Å². The zero-order valence-electron chi connectivity index (χ0n) is 43.3. The van der Waals surface area contributed by atoms with Crippen molar-refractivity contribution in [3.05, 3.63) is 46.9 Å². The lowest BCUT2D eigenvalue weighted by Crippen LogP contribution is -2.67. The fourth-order valence-electron chi connectivity index (χ4n) is 18.4. The van der Waals surface area contributed by atoms with E-state index in [1.807, 2.05) is 18.5 Å². The molecule has 400 valence electrons. The van der Waals surface area contributed by atoms with Gasteiger partial charge in [0.05, 0.1) is 54.3 Å². The summed E-state index contributed by atoms with van der Waals surface area (Å²) in [6, 6.07) is 1.93. The predicted molar refractivity (Wildman–Crippen MR) is 273 cm³/mol.